The molecule has 9 nitrogen and oxygen atoms in total. The minimum atomic E-state index is -4.17. The van der Waals surface area contributed by atoms with Crippen molar-refractivity contribution in [3.63, 3.8) is 0 Å². The fourth-order valence-corrected chi connectivity index (χ4v) is 4.29. The van der Waals surface area contributed by atoms with Crippen molar-refractivity contribution in [3.8, 4) is 5.75 Å². The van der Waals surface area contributed by atoms with E-state index < -0.39 is 26.0 Å². The van der Waals surface area contributed by atoms with Gasteiger partial charge in [0.05, 0.1) is 17.6 Å². The highest BCUT2D eigenvalue weighted by Gasteiger charge is 2.22. The third-order valence-corrected chi connectivity index (χ3v) is 6.82. The highest BCUT2D eigenvalue weighted by Crippen LogP contribution is 2.27. The molecule has 0 aliphatic carbocycles. The Balaban J connectivity index is 2.40. The number of hydrogen-bond acceptors (Lipinski definition) is 6. The summed E-state index contributed by atoms with van der Waals surface area (Å²) in [5.74, 6) is -1.31. The van der Waals surface area contributed by atoms with Crippen LogP contribution >= 0.6 is 0 Å². The molecule has 0 amide bonds. The maximum Gasteiger partial charge on any atom is 0.335 e. The molecule has 0 atom stereocenters. The van der Waals surface area contributed by atoms with Gasteiger partial charge in [-0.1, -0.05) is 0 Å². The van der Waals surface area contributed by atoms with Gasteiger partial charge in [0.2, 0.25) is 10.0 Å². The van der Waals surface area contributed by atoms with Crippen molar-refractivity contribution >= 4 is 31.7 Å². The Labute approximate surface area is 157 Å². The van der Waals surface area contributed by atoms with Crippen LogP contribution in [0.3, 0.4) is 0 Å². The van der Waals surface area contributed by atoms with Crippen LogP contribution in [0.1, 0.15) is 10.4 Å². The first kappa shape index (κ1) is 20.7. The topological polar surface area (TPSA) is 130 Å². The summed E-state index contributed by atoms with van der Waals surface area (Å²) in [4.78, 5) is 10.8. The number of aromatic carboxylic acids is 1. The monoisotopic (exact) mass is 414 g/mol. The summed E-state index contributed by atoms with van der Waals surface area (Å²) in [6, 6.07) is 8.55. The summed E-state index contributed by atoms with van der Waals surface area (Å²) in [6.45, 7) is 0. The van der Waals surface area contributed by atoms with Crippen LogP contribution < -0.4 is 9.46 Å². The maximum atomic E-state index is 12.6. The van der Waals surface area contributed by atoms with E-state index in [9.17, 15) is 21.6 Å². The van der Waals surface area contributed by atoms with Gasteiger partial charge in [0.1, 0.15) is 10.6 Å². The second kappa shape index (κ2) is 7.55. The van der Waals surface area contributed by atoms with Gasteiger partial charge in [0, 0.05) is 19.8 Å². The first-order chi connectivity index (χ1) is 12.5. The van der Waals surface area contributed by atoms with E-state index >= 15 is 0 Å². The number of rotatable bonds is 7. The molecule has 11 heteroatoms. The smallest absolute Gasteiger partial charge is 0.335 e. The second-order valence-corrected chi connectivity index (χ2v) is 9.39. The Kier molecular flexibility index (Phi) is 5.78. The zero-order valence-corrected chi connectivity index (χ0v) is 16.3. The van der Waals surface area contributed by atoms with E-state index in [4.69, 9.17) is 9.84 Å². The lowest BCUT2D eigenvalue weighted by atomic mass is 10.2. The number of sulfonamides is 2. The molecule has 0 fully saturated rings. The number of carbonyl (C=O) groups is 1. The molecule has 2 aromatic rings. The summed E-state index contributed by atoms with van der Waals surface area (Å²) in [5, 5.41) is 9.06. The molecule has 27 heavy (non-hydrogen) atoms. The first-order valence-electron chi connectivity index (χ1n) is 7.46. The first-order valence-corrected chi connectivity index (χ1v) is 10.4. The van der Waals surface area contributed by atoms with E-state index in [1.165, 1.54) is 57.6 Å². The van der Waals surface area contributed by atoms with Gasteiger partial charge >= 0.3 is 5.97 Å². The van der Waals surface area contributed by atoms with E-state index in [1.807, 2.05) is 0 Å². The van der Waals surface area contributed by atoms with Crippen LogP contribution in [0.25, 0.3) is 0 Å². The van der Waals surface area contributed by atoms with Crippen LogP contribution in [-0.2, 0) is 20.0 Å². The van der Waals surface area contributed by atoms with E-state index in [0.717, 1.165) is 10.4 Å². The highest BCUT2D eigenvalue weighted by atomic mass is 32.2. The molecule has 2 N–H and O–H groups in total. The number of nitrogens with one attached hydrogen (secondary N) is 1. The molecule has 146 valence electrons. The van der Waals surface area contributed by atoms with E-state index in [2.05, 4.69) is 4.72 Å². The number of benzene rings is 2. The van der Waals surface area contributed by atoms with Gasteiger partial charge in [-0.15, -0.1) is 0 Å². The molecule has 0 aliphatic rings. The molecule has 0 heterocycles. The molecule has 0 aliphatic heterocycles. The number of hydrogen-bond donors (Lipinski definition) is 2. The lowest BCUT2D eigenvalue weighted by Gasteiger charge is -2.14. The zero-order valence-electron chi connectivity index (χ0n) is 14.7. The summed E-state index contributed by atoms with van der Waals surface area (Å²) in [6.07, 6.45) is 0. The van der Waals surface area contributed by atoms with Crippen LogP contribution in [0.4, 0.5) is 5.69 Å². The Morgan fingerprint density at radius 1 is 1.04 bits per heavy atom. The molecule has 0 unspecified atom stereocenters. The highest BCUT2D eigenvalue weighted by molar-refractivity contribution is 7.92. The van der Waals surface area contributed by atoms with Crippen LogP contribution in [0.5, 0.6) is 5.75 Å². The number of carboxylic acid groups (broad SMARTS) is 1. The Morgan fingerprint density at radius 2 is 1.63 bits per heavy atom. The van der Waals surface area contributed by atoms with E-state index in [0.29, 0.717) is 0 Å². The SMILES string of the molecule is COc1ccc(C(=O)O)cc1S(=O)(=O)Nc1ccc(S(=O)(=O)N(C)C)cc1. The van der Waals surface area contributed by atoms with E-state index in [1.54, 1.807) is 0 Å². The number of anilines is 1. The van der Waals surface area contributed by atoms with E-state index in [-0.39, 0.29) is 26.8 Å². The number of nitrogens with zero attached hydrogens (tertiary/aromatic N) is 1. The standard InChI is InChI=1S/C16H18N2O7S2/c1-18(2)27(23,24)13-7-5-12(6-8-13)17-26(21,22)15-10-11(16(19)20)4-9-14(15)25-3/h4-10,17H,1-3H3,(H,19,20). The fourth-order valence-electron chi connectivity index (χ4n) is 2.14. The van der Waals surface area contributed by atoms with Gasteiger partial charge in [0.25, 0.3) is 10.0 Å². The predicted molar refractivity (Wildman–Crippen MR) is 98.1 cm³/mol. The Morgan fingerprint density at radius 3 is 2.11 bits per heavy atom. The molecular formula is C16H18N2O7S2. The van der Waals surface area contributed by atoms with Crippen molar-refractivity contribution in [2.24, 2.45) is 0 Å². The molecule has 0 saturated heterocycles. The minimum absolute atomic E-state index is 0.000836. The maximum absolute atomic E-state index is 12.6. The fraction of sp³-hybridized carbons (Fsp3) is 0.188. The summed E-state index contributed by atoms with van der Waals surface area (Å²) < 4.78 is 57.7. The number of carboxylic acids is 1. The average molecular weight is 414 g/mol. The quantitative estimate of drug-likeness (QED) is 0.701. The van der Waals surface area contributed by atoms with Gasteiger partial charge in [-0.25, -0.2) is 25.9 Å². The van der Waals surface area contributed by atoms with Crippen molar-refractivity contribution < 1.29 is 31.5 Å². The summed E-state index contributed by atoms with van der Waals surface area (Å²) >= 11 is 0. The molecule has 0 bridgehead atoms. The molecule has 0 radical (unpaired) electrons. The molecular weight excluding hydrogens is 396 g/mol. The van der Waals surface area contributed by atoms with Gasteiger partial charge in [-0.2, -0.15) is 0 Å². The normalized spacial score (nSPS) is 12.0. The number of ether oxygens (including phenoxy) is 1. The lowest BCUT2D eigenvalue weighted by molar-refractivity contribution is 0.0696. The Bertz CT molecular complexity index is 1060. The molecule has 0 aromatic heterocycles. The van der Waals surface area contributed by atoms with Crippen LogP contribution in [-0.4, -0.2) is 53.4 Å². The third-order valence-electron chi connectivity index (χ3n) is 3.59. The van der Waals surface area contributed by atoms with Crippen molar-refractivity contribution in [3.05, 3.63) is 48.0 Å². The Hall–Kier alpha value is -2.63. The number of methoxy groups -OCH3 is 1. The second-order valence-electron chi connectivity index (χ2n) is 5.59. The molecule has 0 spiro atoms. The van der Waals surface area contributed by atoms with Crippen LogP contribution in [0, 0.1) is 0 Å². The van der Waals surface area contributed by atoms with Gasteiger partial charge < -0.3 is 9.84 Å². The molecule has 2 rings (SSSR count). The largest absolute Gasteiger partial charge is 0.495 e. The third kappa shape index (κ3) is 4.38. The van der Waals surface area contributed by atoms with Crippen molar-refractivity contribution in [1.29, 1.82) is 0 Å². The van der Waals surface area contributed by atoms with Crippen molar-refractivity contribution in [2.45, 2.75) is 9.79 Å². The summed E-state index contributed by atoms with van der Waals surface area (Å²) in [7, 11) is -3.79. The average Bonchev–Trinajstić information content (AvgIpc) is 2.61. The minimum Gasteiger partial charge on any atom is -0.495 e. The molecule has 2 aromatic carbocycles. The van der Waals surface area contributed by atoms with Crippen molar-refractivity contribution in [1.82, 2.24) is 4.31 Å². The lowest BCUT2D eigenvalue weighted by Crippen LogP contribution is -2.22. The van der Waals surface area contributed by atoms with Gasteiger partial charge in [0.15, 0.2) is 0 Å². The molecule has 0 saturated carbocycles. The zero-order chi connectivity index (χ0) is 20.4. The van der Waals surface area contributed by atoms with Crippen LogP contribution in [0.15, 0.2) is 52.3 Å². The predicted octanol–water partition coefficient (Wildman–Crippen LogP) is 1.44. The van der Waals surface area contributed by atoms with Gasteiger partial charge in [-0.05, 0) is 42.5 Å². The van der Waals surface area contributed by atoms with Crippen LogP contribution in [0.2, 0.25) is 0 Å². The van der Waals surface area contributed by atoms with Crippen molar-refractivity contribution in [2.75, 3.05) is 25.9 Å². The summed E-state index contributed by atoms with van der Waals surface area (Å²) in [5.41, 5.74) is -0.112. The van der Waals surface area contributed by atoms with Gasteiger partial charge in [-0.3, -0.25) is 4.72 Å².